The molecule has 0 heterocycles. The molecule has 0 aromatic heterocycles. The molecule has 3 heteroatoms. The standard InChI is InChI=1S/C16H18O3/c1-9-5-11(3)15(17)13(7-9)19-14-8-10(2)6-12(4)16(14)18/h5-8,17-18H,1-4H3. The first-order valence-electron chi connectivity index (χ1n) is 6.16. The average Bonchev–Trinajstić information content (AvgIpc) is 2.31. The first-order chi connectivity index (χ1) is 8.88. The summed E-state index contributed by atoms with van der Waals surface area (Å²) in [5.41, 5.74) is 3.49. The van der Waals surface area contributed by atoms with E-state index in [2.05, 4.69) is 0 Å². The molecule has 3 nitrogen and oxygen atoms in total. The van der Waals surface area contributed by atoms with Gasteiger partial charge < -0.3 is 14.9 Å². The Morgan fingerprint density at radius 1 is 0.684 bits per heavy atom. The second-order valence-corrected chi connectivity index (χ2v) is 4.96. The minimum atomic E-state index is 0.101. The number of phenols is 2. The van der Waals surface area contributed by atoms with Crippen LogP contribution in [0.2, 0.25) is 0 Å². The minimum absolute atomic E-state index is 0.101. The summed E-state index contributed by atoms with van der Waals surface area (Å²) in [6.45, 7) is 7.49. The van der Waals surface area contributed by atoms with E-state index >= 15 is 0 Å². The van der Waals surface area contributed by atoms with Gasteiger partial charge in [0.25, 0.3) is 0 Å². The van der Waals surface area contributed by atoms with Gasteiger partial charge in [-0.3, -0.25) is 0 Å². The summed E-state index contributed by atoms with van der Waals surface area (Å²) in [7, 11) is 0. The molecule has 0 radical (unpaired) electrons. The van der Waals surface area contributed by atoms with Crippen LogP contribution in [0.5, 0.6) is 23.0 Å². The van der Waals surface area contributed by atoms with Crippen LogP contribution in [0.3, 0.4) is 0 Å². The summed E-state index contributed by atoms with van der Waals surface area (Å²) < 4.78 is 5.66. The quantitative estimate of drug-likeness (QED) is 0.851. The number of phenolic OH excluding ortho intramolecular Hbond substituents is 2. The van der Waals surface area contributed by atoms with Crippen LogP contribution in [-0.4, -0.2) is 10.2 Å². The zero-order chi connectivity index (χ0) is 14.2. The van der Waals surface area contributed by atoms with Crippen LogP contribution < -0.4 is 4.74 Å². The molecule has 100 valence electrons. The molecule has 0 atom stereocenters. The highest BCUT2D eigenvalue weighted by Gasteiger charge is 2.12. The van der Waals surface area contributed by atoms with Gasteiger partial charge in [0.05, 0.1) is 0 Å². The van der Waals surface area contributed by atoms with E-state index in [0.29, 0.717) is 11.5 Å². The van der Waals surface area contributed by atoms with Crippen molar-refractivity contribution in [3.8, 4) is 23.0 Å². The van der Waals surface area contributed by atoms with E-state index in [4.69, 9.17) is 4.74 Å². The Labute approximate surface area is 113 Å². The van der Waals surface area contributed by atoms with Gasteiger partial charge in [0.2, 0.25) is 0 Å². The third-order valence-corrected chi connectivity index (χ3v) is 3.04. The van der Waals surface area contributed by atoms with Crippen molar-refractivity contribution in [1.82, 2.24) is 0 Å². The van der Waals surface area contributed by atoms with E-state index in [-0.39, 0.29) is 11.5 Å². The van der Waals surface area contributed by atoms with Crippen molar-refractivity contribution in [2.45, 2.75) is 27.7 Å². The number of ether oxygens (including phenoxy) is 1. The van der Waals surface area contributed by atoms with E-state index in [1.165, 1.54) is 0 Å². The summed E-state index contributed by atoms with van der Waals surface area (Å²) in [5, 5.41) is 20.0. The highest BCUT2D eigenvalue weighted by atomic mass is 16.5. The first kappa shape index (κ1) is 13.3. The summed E-state index contributed by atoms with van der Waals surface area (Å²) >= 11 is 0. The number of benzene rings is 2. The van der Waals surface area contributed by atoms with Crippen LogP contribution in [-0.2, 0) is 0 Å². The molecular weight excluding hydrogens is 240 g/mol. The molecule has 0 aliphatic heterocycles. The van der Waals surface area contributed by atoms with Crippen LogP contribution in [0, 0.1) is 27.7 Å². The molecular formula is C16H18O3. The highest BCUT2D eigenvalue weighted by Crippen LogP contribution is 2.39. The van der Waals surface area contributed by atoms with Gasteiger partial charge in [-0.15, -0.1) is 0 Å². The van der Waals surface area contributed by atoms with E-state index in [1.807, 2.05) is 39.8 Å². The molecule has 0 bridgehead atoms. The fraction of sp³-hybridized carbons (Fsp3) is 0.250. The predicted octanol–water partition coefficient (Wildman–Crippen LogP) is 4.12. The number of hydrogen-bond acceptors (Lipinski definition) is 3. The molecule has 0 unspecified atom stereocenters. The van der Waals surface area contributed by atoms with Gasteiger partial charge in [0, 0.05) is 0 Å². The maximum Gasteiger partial charge on any atom is 0.169 e. The number of rotatable bonds is 2. The fourth-order valence-electron chi connectivity index (χ4n) is 2.12. The lowest BCUT2D eigenvalue weighted by atomic mass is 10.1. The Morgan fingerprint density at radius 2 is 1.05 bits per heavy atom. The van der Waals surface area contributed by atoms with Gasteiger partial charge >= 0.3 is 0 Å². The van der Waals surface area contributed by atoms with E-state index < -0.39 is 0 Å². The average molecular weight is 258 g/mol. The number of aryl methyl sites for hydroxylation is 4. The molecule has 0 fully saturated rings. The summed E-state index contributed by atoms with van der Waals surface area (Å²) in [5.74, 6) is 0.920. The topological polar surface area (TPSA) is 49.7 Å². The zero-order valence-electron chi connectivity index (χ0n) is 11.6. The Kier molecular flexibility index (Phi) is 3.38. The molecule has 2 N–H and O–H groups in total. The molecule has 0 saturated heterocycles. The Morgan fingerprint density at radius 3 is 1.42 bits per heavy atom. The summed E-state index contributed by atoms with van der Waals surface area (Å²) in [6, 6.07) is 7.26. The van der Waals surface area contributed by atoms with Gasteiger partial charge in [-0.2, -0.15) is 0 Å². The number of hydrogen-bond donors (Lipinski definition) is 2. The Bertz CT molecular complexity index is 575. The fourth-order valence-corrected chi connectivity index (χ4v) is 2.12. The molecule has 2 rings (SSSR count). The summed E-state index contributed by atoms with van der Waals surface area (Å²) in [6.07, 6.45) is 0. The van der Waals surface area contributed by atoms with Gasteiger partial charge in [-0.1, -0.05) is 12.1 Å². The van der Waals surface area contributed by atoms with Crippen LogP contribution >= 0.6 is 0 Å². The van der Waals surface area contributed by atoms with Crippen molar-refractivity contribution in [2.24, 2.45) is 0 Å². The van der Waals surface area contributed by atoms with E-state index in [0.717, 1.165) is 22.3 Å². The van der Waals surface area contributed by atoms with Crippen LogP contribution in [0.15, 0.2) is 24.3 Å². The zero-order valence-corrected chi connectivity index (χ0v) is 11.6. The maximum absolute atomic E-state index is 10.0. The molecule has 2 aromatic rings. The molecule has 0 amide bonds. The third-order valence-electron chi connectivity index (χ3n) is 3.04. The Hall–Kier alpha value is -2.16. The second-order valence-electron chi connectivity index (χ2n) is 4.96. The smallest absolute Gasteiger partial charge is 0.169 e. The lowest BCUT2D eigenvalue weighted by Gasteiger charge is -2.13. The molecule has 19 heavy (non-hydrogen) atoms. The molecule has 0 saturated carbocycles. The summed E-state index contributed by atoms with van der Waals surface area (Å²) in [4.78, 5) is 0. The minimum Gasteiger partial charge on any atom is -0.504 e. The predicted molar refractivity (Wildman–Crippen MR) is 75.2 cm³/mol. The first-order valence-corrected chi connectivity index (χ1v) is 6.16. The van der Waals surface area contributed by atoms with Crippen molar-refractivity contribution in [3.05, 3.63) is 46.5 Å². The molecule has 0 aliphatic rings. The molecule has 0 spiro atoms. The highest BCUT2D eigenvalue weighted by molar-refractivity contribution is 5.53. The third kappa shape index (κ3) is 2.65. The normalized spacial score (nSPS) is 10.5. The van der Waals surface area contributed by atoms with Gasteiger partial charge in [0.15, 0.2) is 23.0 Å². The largest absolute Gasteiger partial charge is 0.504 e. The van der Waals surface area contributed by atoms with Crippen molar-refractivity contribution in [3.63, 3.8) is 0 Å². The second kappa shape index (κ2) is 4.84. The lowest BCUT2D eigenvalue weighted by molar-refractivity contribution is 0.382. The van der Waals surface area contributed by atoms with Crippen molar-refractivity contribution in [1.29, 1.82) is 0 Å². The SMILES string of the molecule is Cc1cc(C)c(O)c(Oc2cc(C)cc(C)c2O)c1. The van der Waals surface area contributed by atoms with Gasteiger partial charge in [-0.25, -0.2) is 0 Å². The molecule has 0 aliphatic carbocycles. The van der Waals surface area contributed by atoms with Gasteiger partial charge in [-0.05, 0) is 62.1 Å². The van der Waals surface area contributed by atoms with E-state index in [1.54, 1.807) is 12.1 Å². The Balaban J connectivity index is 2.47. The van der Waals surface area contributed by atoms with E-state index in [9.17, 15) is 10.2 Å². The van der Waals surface area contributed by atoms with Crippen LogP contribution in [0.1, 0.15) is 22.3 Å². The monoisotopic (exact) mass is 258 g/mol. The van der Waals surface area contributed by atoms with Crippen LogP contribution in [0.4, 0.5) is 0 Å². The number of aromatic hydroxyl groups is 2. The van der Waals surface area contributed by atoms with Crippen molar-refractivity contribution in [2.75, 3.05) is 0 Å². The lowest BCUT2D eigenvalue weighted by Crippen LogP contribution is -1.91. The van der Waals surface area contributed by atoms with Crippen LogP contribution in [0.25, 0.3) is 0 Å². The van der Waals surface area contributed by atoms with Crippen molar-refractivity contribution >= 4 is 0 Å². The van der Waals surface area contributed by atoms with Gasteiger partial charge in [0.1, 0.15) is 0 Å². The molecule has 2 aromatic carbocycles. The van der Waals surface area contributed by atoms with Crippen molar-refractivity contribution < 1.29 is 14.9 Å². The maximum atomic E-state index is 10.0.